The van der Waals surface area contributed by atoms with Gasteiger partial charge in [-0.25, -0.2) is 0 Å². The van der Waals surface area contributed by atoms with Crippen molar-refractivity contribution < 1.29 is 4.79 Å². The Morgan fingerprint density at radius 3 is 3.36 bits per heavy atom. The molecule has 0 aliphatic carbocycles. The van der Waals surface area contributed by atoms with Crippen molar-refractivity contribution in [2.45, 2.75) is 0 Å². The van der Waals surface area contributed by atoms with Crippen molar-refractivity contribution in [3.8, 4) is 0 Å². The molecule has 56 valence electrons. The molecule has 0 spiro atoms. The number of carbonyl (C=O) groups excluding carboxylic acids is 1. The molecule has 11 heavy (non-hydrogen) atoms. The van der Waals surface area contributed by atoms with Crippen LogP contribution in [0.1, 0.15) is 15.2 Å². The highest BCUT2D eigenvalue weighted by molar-refractivity contribution is 7.11. The fraction of sp³-hybridized carbons (Fsp3) is 0.125. The first-order valence-electron chi connectivity index (χ1n) is 3.40. The molecular formula is C8H7NOS. The summed E-state index contributed by atoms with van der Waals surface area (Å²) in [4.78, 5) is 12.3. The summed E-state index contributed by atoms with van der Waals surface area (Å²) in [6, 6.07) is 1.85. The van der Waals surface area contributed by atoms with Gasteiger partial charge in [-0.05, 0) is 17.5 Å². The standard InChI is InChI=1S/C8H7NOS/c10-8-6-3-5-11-7(6)2-1-4-9-8/h1-3,5H,4H2,(H,9,10). The van der Waals surface area contributed by atoms with Gasteiger partial charge in [-0.15, -0.1) is 11.3 Å². The summed E-state index contributed by atoms with van der Waals surface area (Å²) in [5.74, 6) is 0.0336. The molecule has 1 aliphatic rings. The molecular weight excluding hydrogens is 158 g/mol. The Bertz CT molecular complexity index is 314. The van der Waals surface area contributed by atoms with Crippen LogP contribution >= 0.6 is 11.3 Å². The van der Waals surface area contributed by atoms with Crippen LogP contribution in [-0.2, 0) is 0 Å². The van der Waals surface area contributed by atoms with E-state index in [0.29, 0.717) is 6.54 Å². The van der Waals surface area contributed by atoms with Gasteiger partial charge in [0, 0.05) is 11.4 Å². The number of fused-ring (bicyclic) bond motifs is 1. The van der Waals surface area contributed by atoms with E-state index in [-0.39, 0.29) is 5.91 Å². The van der Waals surface area contributed by atoms with Crippen molar-refractivity contribution in [2.24, 2.45) is 0 Å². The molecule has 0 radical (unpaired) electrons. The first kappa shape index (κ1) is 6.61. The Labute approximate surface area is 68.5 Å². The van der Waals surface area contributed by atoms with Crippen LogP contribution in [0.25, 0.3) is 6.08 Å². The zero-order chi connectivity index (χ0) is 7.68. The summed E-state index contributed by atoms with van der Waals surface area (Å²) in [6.07, 6.45) is 3.94. The second-order valence-electron chi connectivity index (χ2n) is 2.31. The normalized spacial score (nSPS) is 15.5. The van der Waals surface area contributed by atoms with Gasteiger partial charge in [0.05, 0.1) is 5.56 Å². The first-order chi connectivity index (χ1) is 5.38. The van der Waals surface area contributed by atoms with E-state index in [1.807, 2.05) is 23.6 Å². The Morgan fingerprint density at radius 2 is 2.45 bits per heavy atom. The molecule has 1 aliphatic heterocycles. The van der Waals surface area contributed by atoms with Crippen LogP contribution in [0.15, 0.2) is 17.5 Å². The van der Waals surface area contributed by atoms with E-state index in [4.69, 9.17) is 0 Å². The number of hydrogen-bond donors (Lipinski definition) is 1. The molecule has 1 aromatic rings. The summed E-state index contributed by atoms with van der Waals surface area (Å²) < 4.78 is 0. The van der Waals surface area contributed by atoms with Crippen LogP contribution in [0.3, 0.4) is 0 Å². The number of amides is 1. The molecule has 0 aromatic carbocycles. The lowest BCUT2D eigenvalue weighted by Crippen LogP contribution is -2.21. The van der Waals surface area contributed by atoms with E-state index in [0.717, 1.165) is 10.4 Å². The lowest BCUT2D eigenvalue weighted by Gasteiger charge is -1.95. The summed E-state index contributed by atoms with van der Waals surface area (Å²) in [5.41, 5.74) is 0.795. The fourth-order valence-electron chi connectivity index (χ4n) is 1.05. The largest absolute Gasteiger partial charge is 0.349 e. The Morgan fingerprint density at radius 1 is 1.55 bits per heavy atom. The van der Waals surface area contributed by atoms with Gasteiger partial charge in [0.25, 0.3) is 5.91 Å². The average molecular weight is 165 g/mol. The van der Waals surface area contributed by atoms with Crippen LogP contribution < -0.4 is 5.32 Å². The minimum absolute atomic E-state index is 0.0336. The second-order valence-corrected chi connectivity index (χ2v) is 3.26. The maximum Gasteiger partial charge on any atom is 0.252 e. The number of carbonyl (C=O) groups is 1. The fourth-order valence-corrected chi connectivity index (χ4v) is 1.86. The molecule has 2 nitrogen and oxygen atoms in total. The maximum atomic E-state index is 11.2. The highest BCUT2D eigenvalue weighted by atomic mass is 32.1. The van der Waals surface area contributed by atoms with Crippen LogP contribution in [0.5, 0.6) is 0 Å². The Hall–Kier alpha value is -1.09. The second kappa shape index (κ2) is 2.51. The average Bonchev–Trinajstić information content (AvgIpc) is 2.40. The van der Waals surface area contributed by atoms with Crippen molar-refractivity contribution in [1.29, 1.82) is 0 Å². The van der Waals surface area contributed by atoms with Gasteiger partial charge in [-0.2, -0.15) is 0 Å². The molecule has 0 bridgehead atoms. The molecule has 1 amide bonds. The number of rotatable bonds is 0. The monoisotopic (exact) mass is 165 g/mol. The van der Waals surface area contributed by atoms with E-state index in [1.165, 1.54) is 0 Å². The first-order valence-corrected chi connectivity index (χ1v) is 4.28. The molecule has 0 saturated heterocycles. The third-order valence-corrected chi connectivity index (χ3v) is 2.47. The third kappa shape index (κ3) is 1.07. The minimum Gasteiger partial charge on any atom is -0.349 e. The Kier molecular flexibility index (Phi) is 1.51. The van der Waals surface area contributed by atoms with Crippen molar-refractivity contribution in [3.05, 3.63) is 28.0 Å². The summed E-state index contributed by atoms with van der Waals surface area (Å²) in [7, 11) is 0. The van der Waals surface area contributed by atoms with Gasteiger partial charge >= 0.3 is 0 Å². The zero-order valence-corrected chi connectivity index (χ0v) is 6.65. The highest BCUT2D eigenvalue weighted by Gasteiger charge is 2.11. The summed E-state index contributed by atoms with van der Waals surface area (Å²) >= 11 is 1.59. The van der Waals surface area contributed by atoms with Crippen LogP contribution in [0.4, 0.5) is 0 Å². The van der Waals surface area contributed by atoms with Crippen molar-refractivity contribution in [1.82, 2.24) is 5.32 Å². The van der Waals surface area contributed by atoms with Crippen molar-refractivity contribution in [3.63, 3.8) is 0 Å². The molecule has 2 heterocycles. The van der Waals surface area contributed by atoms with Crippen molar-refractivity contribution >= 4 is 23.3 Å². The molecule has 0 atom stereocenters. The highest BCUT2D eigenvalue weighted by Crippen LogP contribution is 2.19. The number of nitrogens with one attached hydrogen (secondary N) is 1. The van der Waals surface area contributed by atoms with Crippen LogP contribution in [0.2, 0.25) is 0 Å². The van der Waals surface area contributed by atoms with Crippen molar-refractivity contribution in [2.75, 3.05) is 6.54 Å². The molecule has 0 fully saturated rings. The topological polar surface area (TPSA) is 29.1 Å². The molecule has 1 aromatic heterocycles. The van der Waals surface area contributed by atoms with Gasteiger partial charge in [0.1, 0.15) is 0 Å². The zero-order valence-electron chi connectivity index (χ0n) is 5.83. The maximum absolute atomic E-state index is 11.2. The van der Waals surface area contributed by atoms with Gasteiger partial charge in [-0.1, -0.05) is 6.08 Å². The van der Waals surface area contributed by atoms with Crippen LogP contribution in [0, 0.1) is 0 Å². The number of hydrogen-bond acceptors (Lipinski definition) is 2. The van der Waals surface area contributed by atoms with Gasteiger partial charge in [0.2, 0.25) is 0 Å². The van der Waals surface area contributed by atoms with E-state index >= 15 is 0 Å². The molecule has 1 N–H and O–H groups in total. The minimum atomic E-state index is 0.0336. The van der Waals surface area contributed by atoms with E-state index in [9.17, 15) is 4.79 Å². The third-order valence-electron chi connectivity index (χ3n) is 1.59. The van der Waals surface area contributed by atoms with Gasteiger partial charge in [-0.3, -0.25) is 4.79 Å². The summed E-state index contributed by atoms with van der Waals surface area (Å²) in [5, 5.41) is 4.70. The van der Waals surface area contributed by atoms with Gasteiger partial charge < -0.3 is 5.32 Å². The smallest absolute Gasteiger partial charge is 0.252 e. The quantitative estimate of drug-likeness (QED) is 0.620. The lowest BCUT2D eigenvalue weighted by molar-refractivity contribution is 0.0959. The predicted molar refractivity (Wildman–Crippen MR) is 45.7 cm³/mol. The van der Waals surface area contributed by atoms with E-state index in [2.05, 4.69) is 5.32 Å². The molecule has 3 heteroatoms. The SMILES string of the molecule is O=C1NCC=Cc2sccc21. The Balaban J connectivity index is 2.53. The van der Waals surface area contributed by atoms with Gasteiger partial charge in [0.15, 0.2) is 0 Å². The van der Waals surface area contributed by atoms with E-state index < -0.39 is 0 Å². The van der Waals surface area contributed by atoms with E-state index in [1.54, 1.807) is 11.3 Å². The van der Waals surface area contributed by atoms with Crippen LogP contribution in [-0.4, -0.2) is 12.5 Å². The molecule has 2 rings (SSSR count). The number of thiophene rings is 1. The molecule has 0 saturated carbocycles. The summed E-state index contributed by atoms with van der Waals surface area (Å²) in [6.45, 7) is 0.639. The molecule has 0 unspecified atom stereocenters. The lowest BCUT2D eigenvalue weighted by atomic mass is 10.2. The predicted octanol–water partition coefficient (Wildman–Crippen LogP) is 1.50.